The molecule has 3 heterocycles. The van der Waals surface area contributed by atoms with Crippen molar-refractivity contribution in [1.82, 2.24) is 19.7 Å². The molecule has 0 saturated heterocycles. The van der Waals surface area contributed by atoms with Gasteiger partial charge in [-0.25, -0.2) is 0 Å². The predicted molar refractivity (Wildman–Crippen MR) is 90.2 cm³/mol. The van der Waals surface area contributed by atoms with Crippen LogP contribution in [0.3, 0.4) is 0 Å². The van der Waals surface area contributed by atoms with Gasteiger partial charge >= 0.3 is 0 Å². The molecule has 0 aliphatic rings. The van der Waals surface area contributed by atoms with Crippen molar-refractivity contribution in [3.8, 4) is 11.4 Å². The van der Waals surface area contributed by atoms with Crippen LogP contribution in [0.15, 0.2) is 35.7 Å². The van der Waals surface area contributed by atoms with E-state index in [-0.39, 0.29) is 5.84 Å². The summed E-state index contributed by atoms with van der Waals surface area (Å²) in [6.45, 7) is 1.01. The summed E-state index contributed by atoms with van der Waals surface area (Å²) in [5.74, 6) is -0.00670. The van der Waals surface area contributed by atoms with Crippen molar-refractivity contribution in [2.75, 3.05) is 13.7 Å². The van der Waals surface area contributed by atoms with Gasteiger partial charge in [0.15, 0.2) is 5.84 Å². The van der Waals surface area contributed by atoms with Gasteiger partial charge in [-0.1, -0.05) is 16.8 Å². The summed E-state index contributed by atoms with van der Waals surface area (Å²) < 4.78 is 6.85. The van der Waals surface area contributed by atoms with Crippen LogP contribution in [0, 0.1) is 0 Å². The first-order chi connectivity index (χ1) is 11.7. The van der Waals surface area contributed by atoms with E-state index in [0.29, 0.717) is 46.2 Å². The summed E-state index contributed by atoms with van der Waals surface area (Å²) in [5, 5.41) is 17.0. The molecule has 0 fully saturated rings. The Hall–Kier alpha value is -2.71. The second-order valence-electron chi connectivity index (χ2n) is 4.97. The van der Waals surface area contributed by atoms with Crippen LogP contribution in [0.25, 0.3) is 22.4 Å². The van der Waals surface area contributed by atoms with Crippen molar-refractivity contribution < 1.29 is 9.94 Å². The van der Waals surface area contributed by atoms with Gasteiger partial charge in [0, 0.05) is 25.1 Å². The molecular weight excluding hydrogens is 332 g/mol. The lowest BCUT2D eigenvalue weighted by atomic mass is 10.1. The van der Waals surface area contributed by atoms with Gasteiger partial charge in [0.25, 0.3) is 0 Å². The molecule has 0 aromatic carbocycles. The van der Waals surface area contributed by atoms with Crippen LogP contribution in [-0.2, 0) is 11.3 Å². The molecule has 0 aliphatic heterocycles. The van der Waals surface area contributed by atoms with E-state index in [1.54, 1.807) is 42.4 Å². The quantitative estimate of drug-likeness (QED) is 0.316. The van der Waals surface area contributed by atoms with E-state index in [4.69, 9.17) is 27.3 Å². The van der Waals surface area contributed by atoms with E-state index in [0.717, 1.165) is 0 Å². The first-order valence-electron chi connectivity index (χ1n) is 7.10. The summed E-state index contributed by atoms with van der Waals surface area (Å²) in [6, 6.07) is 5.03. The van der Waals surface area contributed by atoms with Crippen LogP contribution in [0.2, 0.25) is 5.02 Å². The third-order valence-corrected chi connectivity index (χ3v) is 3.80. The molecular formula is C15H15ClN6O2. The molecule has 3 aromatic rings. The third-order valence-electron chi connectivity index (χ3n) is 3.49. The van der Waals surface area contributed by atoms with Crippen LogP contribution in [0.1, 0.15) is 5.56 Å². The molecule has 3 aromatic heterocycles. The molecule has 0 saturated carbocycles. The lowest BCUT2D eigenvalue weighted by Gasteiger charge is -2.02. The number of amidine groups is 1. The first-order valence-corrected chi connectivity index (χ1v) is 7.47. The summed E-state index contributed by atoms with van der Waals surface area (Å²) in [6.07, 6.45) is 3.18. The summed E-state index contributed by atoms with van der Waals surface area (Å²) in [7, 11) is 1.62. The number of ether oxygens (including phenoxy) is 1. The van der Waals surface area contributed by atoms with Crippen molar-refractivity contribution in [3.05, 3.63) is 41.2 Å². The minimum Gasteiger partial charge on any atom is -0.409 e. The molecule has 0 radical (unpaired) electrons. The SMILES string of the molecule is COCCn1nc(-c2cc(C(N)=NO)ccn2)c2nccc(Cl)c21. The number of fused-ring (bicyclic) bond motifs is 1. The minimum atomic E-state index is -0.00670. The van der Waals surface area contributed by atoms with E-state index in [2.05, 4.69) is 20.2 Å². The number of aromatic nitrogens is 4. The molecule has 0 spiro atoms. The number of rotatable bonds is 5. The highest BCUT2D eigenvalue weighted by Gasteiger charge is 2.17. The van der Waals surface area contributed by atoms with Gasteiger partial charge in [-0.3, -0.25) is 14.6 Å². The number of nitrogens with two attached hydrogens (primary N) is 1. The Morgan fingerprint density at radius 2 is 2.17 bits per heavy atom. The van der Waals surface area contributed by atoms with Gasteiger partial charge < -0.3 is 15.7 Å². The van der Waals surface area contributed by atoms with Crippen LogP contribution < -0.4 is 5.73 Å². The molecule has 0 unspecified atom stereocenters. The fourth-order valence-electron chi connectivity index (χ4n) is 2.36. The Kier molecular flexibility index (Phi) is 4.59. The number of nitrogens with zero attached hydrogens (tertiary/aromatic N) is 5. The zero-order valence-electron chi connectivity index (χ0n) is 12.8. The van der Waals surface area contributed by atoms with Crippen molar-refractivity contribution in [3.63, 3.8) is 0 Å². The summed E-state index contributed by atoms with van der Waals surface area (Å²) >= 11 is 6.31. The van der Waals surface area contributed by atoms with Crippen LogP contribution in [-0.4, -0.2) is 44.5 Å². The summed E-state index contributed by atoms with van der Waals surface area (Å²) in [5.41, 5.74) is 8.63. The van der Waals surface area contributed by atoms with Gasteiger partial charge in [-0.05, 0) is 18.2 Å². The topological polar surface area (TPSA) is 111 Å². The number of pyridine rings is 2. The van der Waals surface area contributed by atoms with Crippen molar-refractivity contribution in [2.45, 2.75) is 6.54 Å². The van der Waals surface area contributed by atoms with Crippen LogP contribution in [0.4, 0.5) is 0 Å². The van der Waals surface area contributed by atoms with Gasteiger partial charge in [0.2, 0.25) is 0 Å². The van der Waals surface area contributed by atoms with Gasteiger partial charge in [-0.15, -0.1) is 0 Å². The lowest BCUT2D eigenvalue weighted by molar-refractivity contribution is 0.185. The van der Waals surface area contributed by atoms with E-state index in [9.17, 15) is 0 Å². The Labute approximate surface area is 142 Å². The normalized spacial score (nSPS) is 12.0. The van der Waals surface area contributed by atoms with Crippen molar-refractivity contribution in [1.29, 1.82) is 0 Å². The fourth-order valence-corrected chi connectivity index (χ4v) is 2.60. The first kappa shape index (κ1) is 16.2. The number of halogens is 1. The number of methoxy groups -OCH3 is 1. The Balaban J connectivity index is 2.18. The zero-order valence-corrected chi connectivity index (χ0v) is 13.6. The Morgan fingerprint density at radius 3 is 2.92 bits per heavy atom. The van der Waals surface area contributed by atoms with E-state index in [1.165, 1.54) is 0 Å². The highest BCUT2D eigenvalue weighted by Crippen LogP contribution is 2.29. The highest BCUT2D eigenvalue weighted by atomic mass is 35.5. The Bertz CT molecular complexity index is 908. The van der Waals surface area contributed by atoms with Crippen molar-refractivity contribution in [2.24, 2.45) is 10.9 Å². The molecule has 0 amide bonds. The highest BCUT2D eigenvalue weighted by molar-refractivity contribution is 6.35. The second-order valence-corrected chi connectivity index (χ2v) is 5.38. The Morgan fingerprint density at radius 1 is 1.38 bits per heavy atom. The molecule has 0 atom stereocenters. The maximum Gasteiger partial charge on any atom is 0.170 e. The number of hydrogen-bond donors (Lipinski definition) is 2. The predicted octanol–water partition coefficient (Wildman–Crippen LogP) is 1.89. The molecule has 3 rings (SSSR count). The largest absolute Gasteiger partial charge is 0.409 e. The minimum absolute atomic E-state index is 0.00670. The molecule has 8 nitrogen and oxygen atoms in total. The van der Waals surface area contributed by atoms with Crippen LogP contribution in [0.5, 0.6) is 0 Å². The smallest absolute Gasteiger partial charge is 0.170 e. The maximum atomic E-state index is 8.84. The maximum absolute atomic E-state index is 8.84. The standard InChI is InChI=1S/C15H15ClN6O2/c1-24-7-6-22-14-10(16)3-5-19-13(14)12(20-22)11-8-9(2-4-18-11)15(17)21-23/h2-5,8,23H,6-7H2,1H3,(H2,17,21). The van der Waals surface area contributed by atoms with Gasteiger partial charge in [0.05, 0.1) is 23.9 Å². The average molecular weight is 347 g/mol. The molecule has 24 heavy (non-hydrogen) atoms. The third kappa shape index (κ3) is 2.89. The fraction of sp³-hybridized carbons (Fsp3) is 0.200. The molecule has 0 aliphatic carbocycles. The number of hydrogen-bond acceptors (Lipinski definition) is 6. The lowest BCUT2D eigenvalue weighted by Crippen LogP contribution is -2.13. The number of oxime groups is 1. The molecule has 3 N–H and O–H groups in total. The zero-order chi connectivity index (χ0) is 17.1. The average Bonchev–Trinajstić information content (AvgIpc) is 2.99. The molecule has 0 bridgehead atoms. The second kappa shape index (κ2) is 6.81. The van der Waals surface area contributed by atoms with Gasteiger partial charge in [-0.2, -0.15) is 5.10 Å². The van der Waals surface area contributed by atoms with Crippen molar-refractivity contribution >= 4 is 28.5 Å². The van der Waals surface area contributed by atoms with E-state index < -0.39 is 0 Å². The monoisotopic (exact) mass is 346 g/mol. The van der Waals surface area contributed by atoms with Crippen LogP contribution >= 0.6 is 11.6 Å². The summed E-state index contributed by atoms with van der Waals surface area (Å²) in [4.78, 5) is 8.70. The molecule has 9 heteroatoms. The molecule has 124 valence electrons. The van der Waals surface area contributed by atoms with Gasteiger partial charge in [0.1, 0.15) is 16.7 Å². The van der Waals surface area contributed by atoms with E-state index in [1.807, 2.05) is 0 Å². The van der Waals surface area contributed by atoms with E-state index >= 15 is 0 Å².